The lowest BCUT2D eigenvalue weighted by Gasteiger charge is -2.32. The maximum absolute atomic E-state index is 15.8. The third-order valence-electron chi connectivity index (χ3n) is 7.91. The molecule has 8 nitrogen and oxygen atoms in total. The first-order valence-electron chi connectivity index (χ1n) is 13.4. The number of aliphatic hydroxyl groups is 1. The van der Waals surface area contributed by atoms with Gasteiger partial charge in [-0.1, -0.05) is 5.21 Å². The van der Waals surface area contributed by atoms with Gasteiger partial charge >= 0.3 is 0 Å². The molecule has 202 valence electrons. The zero-order chi connectivity index (χ0) is 27.5. The van der Waals surface area contributed by atoms with E-state index in [9.17, 15) is 5.11 Å². The number of ether oxygens (including phenoxy) is 1. The van der Waals surface area contributed by atoms with Crippen molar-refractivity contribution >= 4 is 21.9 Å². The molecule has 1 saturated heterocycles. The molecule has 0 spiro atoms. The zero-order valence-electron chi connectivity index (χ0n) is 22.9. The Bertz CT molecular complexity index is 1670. The molecule has 6 rings (SSSR count). The van der Waals surface area contributed by atoms with Gasteiger partial charge in [-0.25, -0.2) is 9.07 Å². The first kappa shape index (κ1) is 25.6. The molecule has 1 fully saturated rings. The minimum Gasteiger partial charge on any atom is -0.386 e. The van der Waals surface area contributed by atoms with Gasteiger partial charge in [-0.3, -0.25) is 9.97 Å². The Labute approximate surface area is 226 Å². The van der Waals surface area contributed by atoms with Gasteiger partial charge in [0.05, 0.1) is 45.3 Å². The summed E-state index contributed by atoms with van der Waals surface area (Å²) in [6, 6.07) is 9.43. The van der Waals surface area contributed by atoms with Crippen LogP contribution in [0.1, 0.15) is 55.2 Å². The van der Waals surface area contributed by atoms with Gasteiger partial charge in [-0.05, 0) is 82.3 Å². The van der Waals surface area contributed by atoms with Gasteiger partial charge in [0.15, 0.2) is 0 Å². The summed E-state index contributed by atoms with van der Waals surface area (Å²) in [5.74, 6) is -0.119. The number of fused-ring (bicyclic) bond motifs is 3. The number of hydrogen-bond acceptors (Lipinski definition) is 6. The van der Waals surface area contributed by atoms with Crippen LogP contribution in [-0.4, -0.2) is 47.8 Å². The van der Waals surface area contributed by atoms with Crippen molar-refractivity contribution in [1.82, 2.24) is 29.5 Å². The highest BCUT2D eigenvalue weighted by molar-refractivity contribution is 6.07. The Kier molecular flexibility index (Phi) is 6.23. The predicted octanol–water partition coefficient (Wildman–Crippen LogP) is 5.38. The quantitative estimate of drug-likeness (QED) is 0.329. The number of hydrogen-bond donors (Lipinski definition) is 1. The third kappa shape index (κ3) is 4.39. The van der Waals surface area contributed by atoms with Gasteiger partial charge in [0.2, 0.25) is 0 Å². The molecular weight excluding hydrogens is 495 g/mol. The molecule has 0 aliphatic carbocycles. The Morgan fingerprint density at radius 1 is 1.08 bits per heavy atom. The lowest BCUT2D eigenvalue weighted by Crippen LogP contribution is -2.27. The number of halogens is 1. The predicted molar refractivity (Wildman–Crippen MR) is 148 cm³/mol. The first-order chi connectivity index (χ1) is 18.6. The molecule has 1 atom stereocenters. The monoisotopic (exact) mass is 528 g/mol. The Hall–Kier alpha value is -3.69. The smallest absolute Gasteiger partial charge is 0.133 e. The highest BCUT2D eigenvalue weighted by atomic mass is 19.1. The van der Waals surface area contributed by atoms with Crippen LogP contribution in [0.2, 0.25) is 0 Å². The van der Waals surface area contributed by atoms with Crippen LogP contribution in [-0.2, 0) is 17.4 Å². The van der Waals surface area contributed by atoms with Crippen molar-refractivity contribution < 1.29 is 14.2 Å². The molecule has 1 aromatic carbocycles. The maximum atomic E-state index is 15.8. The summed E-state index contributed by atoms with van der Waals surface area (Å²) in [5, 5.41) is 19.9. The third-order valence-corrected chi connectivity index (χ3v) is 7.91. The molecular formula is C30H33FN6O2. The second-order valence-corrected chi connectivity index (χ2v) is 11.2. The average molecular weight is 529 g/mol. The summed E-state index contributed by atoms with van der Waals surface area (Å²) in [5.41, 5.74) is 5.75. The Morgan fingerprint density at radius 2 is 1.85 bits per heavy atom. The Balaban J connectivity index is 1.73. The van der Waals surface area contributed by atoms with Crippen LogP contribution in [0.5, 0.6) is 0 Å². The standard InChI is InChI=1S/C30H33FN6O2/c1-17-6-9-32-24(12-17)29(19-7-10-39-11-8-19)37-25-15-21(28-18(2)34-35-36(28)5)23(31)14-22(25)27-26(37)13-20(16-33-27)30(3,4)38/h6,9,12-16,19,29,38H,7-8,10-11H2,1-5H3/t29-/m1/s1. The first-order valence-corrected chi connectivity index (χ1v) is 13.4. The van der Waals surface area contributed by atoms with Crippen molar-refractivity contribution in [2.45, 2.75) is 52.2 Å². The van der Waals surface area contributed by atoms with E-state index in [0.717, 1.165) is 35.1 Å². The van der Waals surface area contributed by atoms with Crippen LogP contribution in [0.25, 0.3) is 33.2 Å². The number of pyridine rings is 2. The van der Waals surface area contributed by atoms with E-state index in [-0.39, 0.29) is 17.8 Å². The number of aryl methyl sites for hydroxylation is 3. The topological polar surface area (TPSA) is 90.9 Å². The SMILES string of the molecule is Cc1ccnc([C@@H](C2CCOCC2)n2c3cc(-c4c(C)nnn4C)c(F)cc3c3ncc(C(C)(C)O)cc32)c1. The van der Waals surface area contributed by atoms with E-state index in [4.69, 9.17) is 14.7 Å². The highest BCUT2D eigenvalue weighted by Gasteiger charge is 2.32. The van der Waals surface area contributed by atoms with Crippen LogP contribution in [0.15, 0.2) is 42.7 Å². The molecule has 39 heavy (non-hydrogen) atoms. The van der Waals surface area contributed by atoms with E-state index < -0.39 is 5.60 Å². The van der Waals surface area contributed by atoms with E-state index in [0.29, 0.717) is 46.6 Å². The summed E-state index contributed by atoms with van der Waals surface area (Å²) in [6.45, 7) is 8.75. The largest absolute Gasteiger partial charge is 0.386 e. The summed E-state index contributed by atoms with van der Waals surface area (Å²) in [4.78, 5) is 9.63. The van der Waals surface area contributed by atoms with Crippen LogP contribution in [0.4, 0.5) is 4.39 Å². The molecule has 0 amide bonds. The molecule has 0 unspecified atom stereocenters. The lowest BCUT2D eigenvalue weighted by atomic mass is 9.88. The van der Waals surface area contributed by atoms with E-state index in [1.165, 1.54) is 0 Å². The fourth-order valence-corrected chi connectivity index (χ4v) is 5.91. The number of nitrogens with zero attached hydrogens (tertiary/aromatic N) is 6. The van der Waals surface area contributed by atoms with E-state index in [2.05, 4.69) is 27.9 Å². The minimum absolute atomic E-state index is 0.142. The second-order valence-electron chi connectivity index (χ2n) is 11.2. The van der Waals surface area contributed by atoms with Crippen LogP contribution < -0.4 is 0 Å². The molecule has 4 aromatic heterocycles. The van der Waals surface area contributed by atoms with E-state index in [1.807, 2.05) is 31.3 Å². The van der Waals surface area contributed by atoms with Gasteiger partial charge in [0.1, 0.15) is 5.82 Å². The van der Waals surface area contributed by atoms with Crippen molar-refractivity contribution in [2.75, 3.05) is 13.2 Å². The molecule has 0 bridgehead atoms. The summed E-state index contributed by atoms with van der Waals surface area (Å²) in [6.07, 6.45) is 5.28. The van der Waals surface area contributed by atoms with E-state index >= 15 is 4.39 Å². The molecule has 5 heterocycles. The normalized spacial score (nSPS) is 15.9. The second kappa shape index (κ2) is 9.50. The fraction of sp³-hybridized carbons (Fsp3) is 0.400. The number of rotatable bonds is 5. The van der Waals surface area contributed by atoms with Crippen LogP contribution in [0.3, 0.4) is 0 Å². The van der Waals surface area contributed by atoms with Gasteiger partial charge < -0.3 is 14.4 Å². The van der Waals surface area contributed by atoms with Gasteiger partial charge in [0.25, 0.3) is 0 Å². The summed E-state index contributed by atoms with van der Waals surface area (Å²) >= 11 is 0. The zero-order valence-corrected chi connectivity index (χ0v) is 22.9. The molecule has 5 aromatic rings. The van der Waals surface area contributed by atoms with Crippen molar-refractivity contribution in [3.8, 4) is 11.3 Å². The summed E-state index contributed by atoms with van der Waals surface area (Å²) in [7, 11) is 1.77. The fourth-order valence-electron chi connectivity index (χ4n) is 5.91. The van der Waals surface area contributed by atoms with Gasteiger partial charge in [-0.15, -0.1) is 5.10 Å². The highest BCUT2D eigenvalue weighted by Crippen LogP contribution is 2.42. The van der Waals surface area contributed by atoms with Gasteiger partial charge in [-0.2, -0.15) is 0 Å². The van der Waals surface area contributed by atoms with Crippen molar-refractivity contribution in [1.29, 1.82) is 0 Å². The molecule has 0 radical (unpaired) electrons. The molecule has 1 aliphatic rings. The Morgan fingerprint density at radius 3 is 2.51 bits per heavy atom. The molecule has 0 saturated carbocycles. The van der Waals surface area contributed by atoms with E-state index in [1.54, 1.807) is 37.8 Å². The van der Waals surface area contributed by atoms with Crippen LogP contribution in [0, 0.1) is 25.6 Å². The van der Waals surface area contributed by atoms with Crippen molar-refractivity contribution in [3.63, 3.8) is 0 Å². The van der Waals surface area contributed by atoms with Crippen molar-refractivity contribution in [2.24, 2.45) is 13.0 Å². The molecule has 1 aliphatic heterocycles. The average Bonchev–Trinajstić information content (AvgIpc) is 3.39. The van der Waals surface area contributed by atoms with Crippen molar-refractivity contribution in [3.05, 3.63) is 71.1 Å². The van der Waals surface area contributed by atoms with Crippen LogP contribution >= 0.6 is 0 Å². The van der Waals surface area contributed by atoms with Gasteiger partial charge in [0, 0.05) is 49.2 Å². The molecule has 9 heteroatoms. The molecule has 1 N–H and O–H groups in total. The summed E-state index contributed by atoms with van der Waals surface area (Å²) < 4.78 is 25.4. The number of benzene rings is 1. The maximum Gasteiger partial charge on any atom is 0.133 e. The number of aromatic nitrogens is 6. The minimum atomic E-state index is -1.09. The lowest BCUT2D eigenvalue weighted by molar-refractivity contribution is 0.0547.